The molecular formula is C25H36N4O5. The van der Waals surface area contributed by atoms with E-state index in [0.717, 1.165) is 18.4 Å². The van der Waals surface area contributed by atoms with E-state index >= 15 is 0 Å². The van der Waals surface area contributed by atoms with Gasteiger partial charge < -0.3 is 19.5 Å². The Labute approximate surface area is 201 Å². The first-order chi connectivity index (χ1) is 15.9. The normalized spacial score (nSPS) is 11.5. The Kier molecular flexibility index (Phi) is 9.23. The smallest absolute Gasteiger partial charge is 0.427 e. The van der Waals surface area contributed by atoms with Crippen molar-refractivity contribution in [3.05, 3.63) is 42.1 Å². The Hall–Kier alpha value is -3.36. The van der Waals surface area contributed by atoms with Gasteiger partial charge in [0.15, 0.2) is 11.6 Å². The number of unbranched alkanes of at least 4 members (excludes halogenated alkanes) is 1. The summed E-state index contributed by atoms with van der Waals surface area (Å²) in [6, 6.07) is 9.69. The van der Waals surface area contributed by atoms with Gasteiger partial charge in [0.05, 0.1) is 6.20 Å². The number of aromatic nitrogens is 2. The van der Waals surface area contributed by atoms with Crippen LogP contribution in [0.25, 0.3) is 0 Å². The molecule has 0 aliphatic heterocycles. The summed E-state index contributed by atoms with van der Waals surface area (Å²) in [7, 11) is 0. The van der Waals surface area contributed by atoms with Crippen LogP contribution in [-0.2, 0) is 16.1 Å². The number of nitrogens with one attached hydrogen (secondary N) is 1. The van der Waals surface area contributed by atoms with Crippen molar-refractivity contribution in [3.63, 3.8) is 0 Å². The molecule has 0 unspecified atom stereocenters. The summed E-state index contributed by atoms with van der Waals surface area (Å²) in [5, 5.41) is 3.21. The van der Waals surface area contributed by atoms with Gasteiger partial charge in [-0.15, -0.1) is 4.90 Å². The average molecular weight is 473 g/mol. The second-order valence-electron chi connectivity index (χ2n) is 9.73. The number of carbonyl (C=O) groups excluding carboxylic acids is 2. The molecule has 1 aromatic heterocycles. The molecule has 0 fully saturated rings. The van der Waals surface area contributed by atoms with E-state index in [9.17, 15) is 9.59 Å². The summed E-state index contributed by atoms with van der Waals surface area (Å²) < 4.78 is 16.8. The van der Waals surface area contributed by atoms with Gasteiger partial charge in [0.2, 0.25) is 5.95 Å². The number of rotatable bonds is 8. The van der Waals surface area contributed by atoms with Crippen LogP contribution in [-0.4, -0.2) is 39.9 Å². The highest BCUT2D eigenvalue weighted by Gasteiger charge is 2.35. The highest BCUT2D eigenvalue weighted by Crippen LogP contribution is 2.27. The molecule has 2 aromatic rings. The molecule has 2 amide bonds. The highest BCUT2D eigenvalue weighted by atomic mass is 16.6. The Bertz CT molecular complexity index is 924. The lowest BCUT2D eigenvalue weighted by Gasteiger charge is -2.27. The minimum absolute atomic E-state index is 0.172. The van der Waals surface area contributed by atoms with E-state index in [1.165, 1.54) is 6.20 Å². The van der Waals surface area contributed by atoms with Gasteiger partial charge in [-0.1, -0.05) is 43.7 Å². The predicted molar refractivity (Wildman–Crippen MR) is 131 cm³/mol. The predicted octanol–water partition coefficient (Wildman–Crippen LogP) is 5.94. The van der Waals surface area contributed by atoms with E-state index in [1.54, 1.807) is 41.5 Å². The number of nitrogens with zero attached hydrogens (tertiary/aromatic N) is 3. The molecule has 34 heavy (non-hydrogen) atoms. The van der Waals surface area contributed by atoms with Gasteiger partial charge in [-0.05, 0) is 53.5 Å². The van der Waals surface area contributed by atoms with Gasteiger partial charge in [-0.25, -0.2) is 14.6 Å². The van der Waals surface area contributed by atoms with Crippen molar-refractivity contribution in [3.8, 4) is 5.75 Å². The highest BCUT2D eigenvalue weighted by molar-refractivity contribution is 6.08. The topological polar surface area (TPSA) is 103 Å². The maximum Gasteiger partial charge on any atom is 0.427 e. The molecule has 2 rings (SSSR count). The van der Waals surface area contributed by atoms with Crippen molar-refractivity contribution in [2.75, 3.05) is 16.8 Å². The Morgan fingerprint density at radius 2 is 1.56 bits per heavy atom. The number of ether oxygens (including phenoxy) is 3. The zero-order valence-corrected chi connectivity index (χ0v) is 21.2. The van der Waals surface area contributed by atoms with Crippen molar-refractivity contribution in [2.24, 2.45) is 0 Å². The lowest BCUT2D eigenvalue weighted by molar-refractivity contribution is 0.0427. The first-order valence-electron chi connectivity index (χ1n) is 11.4. The molecule has 1 aromatic carbocycles. The summed E-state index contributed by atoms with van der Waals surface area (Å²) in [6.45, 7) is 13.3. The van der Waals surface area contributed by atoms with Gasteiger partial charge in [0, 0.05) is 6.54 Å². The molecular weight excluding hydrogens is 436 g/mol. The molecule has 0 aliphatic carbocycles. The zero-order chi connectivity index (χ0) is 25.4. The van der Waals surface area contributed by atoms with E-state index < -0.39 is 23.4 Å². The third-order valence-electron chi connectivity index (χ3n) is 4.15. The largest absolute Gasteiger partial charge is 0.483 e. The summed E-state index contributed by atoms with van der Waals surface area (Å²) in [4.78, 5) is 35.2. The van der Waals surface area contributed by atoms with E-state index in [2.05, 4.69) is 22.2 Å². The maximum absolute atomic E-state index is 12.9. The molecule has 0 saturated carbocycles. The summed E-state index contributed by atoms with van der Waals surface area (Å²) in [5.74, 6) is 0.595. The van der Waals surface area contributed by atoms with Gasteiger partial charge in [0.25, 0.3) is 0 Å². The third kappa shape index (κ3) is 8.88. The molecule has 0 atom stereocenters. The number of anilines is 2. The van der Waals surface area contributed by atoms with Crippen molar-refractivity contribution in [1.82, 2.24) is 9.97 Å². The van der Waals surface area contributed by atoms with Crippen LogP contribution in [0.3, 0.4) is 0 Å². The Balaban J connectivity index is 2.39. The number of benzene rings is 1. The van der Waals surface area contributed by atoms with Gasteiger partial charge in [-0.2, -0.15) is 4.98 Å². The van der Waals surface area contributed by atoms with Crippen molar-refractivity contribution in [1.29, 1.82) is 0 Å². The van der Waals surface area contributed by atoms with Crippen LogP contribution in [0.15, 0.2) is 36.5 Å². The maximum atomic E-state index is 12.9. The number of amides is 2. The lowest BCUT2D eigenvalue weighted by atomic mass is 10.2. The summed E-state index contributed by atoms with van der Waals surface area (Å²) in [5.41, 5.74) is -0.688. The third-order valence-corrected chi connectivity index (χ3v) is 4.15. The van der Waals surface area contributed by atoms with Gasteiger partial charge >= 0.3 is 12.2 Å². The SMILES string of the molecule is CCCCNc1nc(N(C(=O)OC(C)(C)C)C(=O)OC(C)(C)C)ncc1OCc1ccccc1. The van der Waals surface area contributed by atoms with Crippen LogP contribution in [0, 0.1) is 0 Å². The fourth-order valence-electron chi connectivity index (χ4n) is 2.67. The number of hydrogen-bond donors (Lipinski definition) is 1. The van der Waals surface area contributed by atoms with E-state index in [1.807, 2.05) is 30.3 Å². The van der Waals surface area contributed by atoms with Crippen LogP contribution in [0.5, 0.6) is 5.75 Å². The van der Waals surface area contributed by atoms with Crippen molar-refractivity contribution >= 4 is 24.0 Å². The number of imide groups is 1. The van der Waals surface area contributed by atoms with E-state index in [-0.39, 0.29) is 5.95 Å². The Morgan fingerprint density at radius 3 is 2.09 bits per heavy atom. The van der Waals surface area contributed by atoms with Gasteiger partial charge in [-0.3, -0.25) is 0 Å². The molecule has 0 saturated heterocycles. The van der Waals surface area contributed by atoms with Crippen LogP contribution in [0.4, 0.5) is 21.4 Å². The summed E-state index contributed by atoms with van der Waals surface area (Å²) >= 11 is 0. The first kappa shape index (κ1) is 26.9. The molecule has 186 valence electrons. The van der Waals surface area contributed by atoms with Crippen molar-refractivity contribution < 1.29 is 23.8 Å². The molecule has 1 heterocycles. The molecule has 0 aliphatic rings. The molecule has 1 N–H and O–H groups in total. The van der Waals surface area contributed by atoms with Crippen LogP contribution >= 0.6 is 0 Å². The van der Waals surface area contributed by atoms with Crippen LogP contribution < -0.4 is 15.0 Å². The minimum atomic E-state index is -0.931. The number of carbonyl (C=O) groups is 2. The van der Waals surface area contributed by atoms with Crippen molar-refractivity contribution in [2.45, 2.75) is 79.1 Å². The minimum Gasteiger partial charge on any atom is -0.483 e. The first-order valence-corrected chi connectivity index (χ1v) is 11.4. The zero-order valence-electron chi connectivity index (χ0n) is 21.2. The number of hydrogen-bond acceptors (Lipinski definition) is 8. The second-order valence-corrected chi connectivity index (χ2v) is 9.73. The molecule has 9 nitrogen and oxygen atoms in total. The molecule has 0 radical (unpaired) electrons. The monoisotopic (exact) mass is 472 g/mol. The summed E-state index contributed by atoms with van der Waals surface area (Å²) in [6.07, 6.45) is 1.45. The standard InChI is InChI=1S/C25H36N4O5/c1-8-9-15-26-20-19(32-17-18-13-11-10-12-14-18)16-27-21(28-20)29(22(30)33-24(2,3)4)23(31)34-25(5,6)7/h10-14,16H,8-9,15,17H2,1-7H3,(H,26,27,28). The molecule has 9 heteroatoms. The molecule has 0 spiro atoms. The quantitative estimate of drug-likeness (QED) is 0.471. The van der Waals surface area contributed by atoms with Crippen LogP contribution in [0.1, 0.15) is 66.9 Å². The molecule has 0 bridgehead atoms. The van der Waals surface area contributed by atoms with E-state index in [0.29, 0.717) is 29.6 Å². The second kappa shape index (κ2) is 11.7. The fraction of sp³-hybridized carbons (Fsp3) is 0.520. The fourth-order valence-corrected chi connectivity index (χ4v) is 2.67. The lowest BCUT2D eigenvalue weighted by Crippen LogP contribution is -2.44. The van der Waals surface area contributed by atoms with E-state index in [4.69, 9.17) is 14.2 Å². The van der Waals surface area contributed by atoms with Crippen LogP contribution in [0.2, 0.25) is 0 Å². The average Bonchev–Trinajstić information content (AvgIpc) is 2.71. The Morgan fingerprint density at radius 1 is 0.971 bits per heavy atom. The van der Waals surface area contributed by atoms with Gasteiger partial charge in [0.1, 0.15) is 17.8 Å².